The molecule has 1 saturated heterocycles. The van der Waals surface area contributed by atoms with Crippen molar-refractivity contribution in [1.29, 1.82) is 0 Å². The maximum Gasteiger partial charge on any atom is 0.255 e. The summed E-state index contributed by atoms with van der Waals surface area (Å²) in [6.07, 6.45) is 3.90. The van der Waals surface area contributed by atoms with Crippen LogP contribution >= 0.6 is 0 Å². The average Bonchev–Trinajstić information content (AvgIpc) is 2.74. The number of rotatable bonds is 8. The van der Waals surface area contributed by atoms with Gasteiger partial charge in [0.05, 0.1) is 22.1 Å². The zero-order valence-corrected chi connectivity index (χ0v) is 19.3. The number of nitrogens with zero attached hydrogens (tertiary/aromatic N) is 1. The number of ether oxygens (including phenoxy) is 1. The molecule has 2 aromatic rings. The molecule has 1 N–H and O–H groups in total. The van der Waals surface area contributed by atoms with Crippen LogP contribution in [0, 0.1) is 0 Å². The molecule has 168 valence electrons. The largest absolute Gasteiger partial charge is 0.489 e. The van der Waals surface area contributed by atoms with E-state index in [4.69, 9.17) is 4.74 Å². The Bertz CT molecular complexity index is 1120. The number of hydrogen-bond acceptors (Lipinski definition) is 5. The second-order valence-corrected chi connectivity index (χ2v) is 11.2. The van der Waals surface area contributed by atoms with Gasteiger partial charge >= 0.3 is 0 Å². The number of hydrogen-bond donors (Lipinski definition) is 1. The Hall–Kier alpha value is -2.36. The smallest absolute Gasteiger partial charge is 0.255 e. The molecule has 2 aromatic carbocycles. The highest BCUT2D eigenvalue weighted by Gasteiger charge is 2.27. The number of sulfonamides is 2. The zero-order valence-electron chi connectivity index (χ0n) is 17.7. The molecule has 1 fully saturated rings. The van der Waals surface area contributed by atoms with Crippen molar-refractivity contribution in [1.82, 2.24) is 4.31 Å². The first-order valence-corrected chi connectivity index (χ1v) is 13.2. The van der Waals surface area contributed by atoms with E-state index in [0.29, 0.717) is 13.1 Å². The Morgan fingerprint density at radius 3 is 2.29 bits per heavy atom. The van der Waals surface area contributed by atoms with E-state index >= 15 is 0 Å². The van der Waals surface area contributed by atoms with Crippen molar-refractivity contribution in [2.45, 2.75) is 44.1 Å². The minimum absolute atomic E-state index is 0.0373. The van der Waals surface area contributed by atoms with Crippen molar-refractivity contribution in [3.8, 4) is 5.75 Å². The highest BCUT2D eigenvalue weighted by Crippen LogP contribution is 2.31. The molecular formula is C22H28N2O5S2. The molecule has 0 radical (unpaired) electrons. The van der Waals surface area contributed by atoms with Gasteiger partial charge in [0.2, 0.25) is 10.0 Å². The van der Waals surface area contributed by atoms with Crippen LogP contribution in [0.2, 0.25) is 0 Å². The lowest BCUT2D eigenvalue weighted by molar-refractivity contribution is 0.243. The monoisotopic (exact) mass is 464 g/mol. The lowest BCUT2D eigenvalue weighted by Gasteiger charge is -2.26. The van der Waals surface area contributed by atoms with Gasteiger partial charge in [-0.15, -0.1) is 0 Å². The molecule has 31 heavy (non-hydrogen) atoms. The standard InChI is InChI=1S/C22H28N2O5S2/c1-18(2)29-22-12-11-20(31(27,28)24-14-7-4-8-15-24)17-21(22)23-30(25,26)16-13-19-9-5-3-6-10-19/h3,5-6,9-13,16-18,23H,4,7-8,14-15H2,1-2H3. The van der Waals surface area contributed by atoms with E-state index in [9.17, 15) is 16.8 Å². The number of benzene rings is 2. The van der Waals surface area contributed by atoms with E-state index < -0.39 is 20.0 Å². The molecule has 0 saturated carbocycles. The fraction of sp³-hybridized carbons (Fsp3) is 0.364. The van der Waals surface area contributed by atoms with E-state index in [2.05, 4.69) is 4.72 Å². The first-order valence-electron chi connectivity index (χ1n) is 10.2. The average molecular weight is 465 g/mol. The fourth-order valence-electron chi connectivity index (χ4n) is 3.28. The van der Waals surface area contributed by atoms with Crippen molar-refractivity contribution >= 4 is 31.8 Å². The molecule has 0 unspecified atom stereocenters. The Morgan fingerprint density at radius 1 is 0.968 bits per heavy atom. The second-order valence-electron chi connectivity index (χ2n) is 7.65. The SMILES string of the molecule is CC(C)Oc1ccc(S(=O)(=O)N2CCCCC2)cc1NS(=O)(=O)C=Cc1ccccc1. The molecule has 0 bridgehead atoms. The van der Waals surface area contributed by atoms with Gasteiger partial charge in [-0.1, -0.05) is 36.8 Å². The Morgan fingerprint density at radius 2 is 1.65 bits per heavy atom. The van der Waals surface area contributed by atoms with Crippen LogP contribution in [0.5, 0.6) is 5.75 Å². The van der Waals surface area contributed by atoms with Crippen LogP contribution in [0.15, 0.2) is 58.8 Å². The molecule has 1 aliphatic heterocycles. The Balaban J connectivity index is 1.92. The van der Waals surface area contributed by atoms with Crippen molar-refractivity contribution in [3.63, 3.8) is 0 Å². The van der Waals surface area contributed by atoms with Crippen LogP contribution in [-0.2, 0) is 20.0 Å². The molecular weight excluding hydrogens is 436 g/mol. The molecule has 0 amide bonds. The van der Waals surface area contributed by atoms with Crippen LogP contribution in [0.1, 0.15) is 38.7 Å². The molecule has 0 aromatic heterocycles. The van der Waals surface area contributed by atoms with E-state index in [-0.39, 0.29) is 22.4 Å². The molecule has 9 heteroatoms. The predicted molar refractivity (Wildman–Crippen MR) is 123 cm³/mol. The van der Waals surface area contributed by atoms with Gasteiger partial charge < -0.3 is 4.74 Å². The lowest BCUT2D eigenvalue weighted by Crippen LogP contribution is -2.35. The summed E-state index contributed by atoms with van der Waals surface area (Å²) in [5.41, 5.74) is 0.817. The first kappa shape index (κ1) is 23.3. The second kappa shape index (κ2) is 9.84. The molecule has 0 aliphatic carbocycles. The summed E-state index contributed by atoms with van der Waals surface area (Å²) in [7, 11) is -7.61. The minimum Gasteiger partial charge on any atom is -0.489 e. The molecule has 0 spiro atoms. The molecule has 1 heterocycles. The van der Waals surface area contributed by atoms with Crippen LogP contribution < -0.4 is 9.46 Å². The number of nitrogens with one attached hydrogen (secondary N) is 1. The maximum absolute atomic E-state index is 13.0. The van der Waals surface area contributed by atoms with Crippen molar-refractivity contribution in [2.75, 3.05) is 17.8 Å². The summed E-state index contributed by atoms with van der Waals surface area (Å²) in [6, 6.07) is 13.3. The summed E-state index contributed by atoms with van der Waals surface area (Å²) in [5, 5.41) is 1.05. The minimum atomic E-state index is -3.90. The van der Waals surface area contributed by atoms with Crippen molar-refractivity contribution in [2.24, 2.45) is 0 Å². The van der Waals surface area contributed by atoms with Crippen molar-refractivity contribution in [3.05, 3.63) is 59.5 Å². The van der Waals surface area contributed by atoms with Gasteiger partial charge in [-0.25, -0.2) is 16.8 Å². The molecule has 0 atom stereocenters. The van der Waals surface area contributed by atoms with Crippen molar-refractivity contribution < 1.29 is 21.6 Å². The summed E-state index contributed by atoms with van der Waals surface area (Å²) in [4.78, 5) is 0.0373. The third-order valence-corrected chi connectivity index (χ3v) is 7.65. The lowest BCUT2D eigenvalue weighted by atomic mass is 10.2. The molecule has 1 aliphatic rings. The summed E-state index contributed by atoms with van der Waals surface area (Å²) < 4.78 is 61.0. The maximum atomic E-state index is 13.0. The van der Waals surface area contributed by atoms with E-state index in [1.54, 1.807) is 12.1 Å². The Labute approximate surface area is 184 Å². The normalized spacial score (nSPS) is 16.0. The van der Waals surface area contributed by atoms with Crippen LogP contribution in [0.25, 0.3) is 6.08 Å². The third kappa shape index (κ3) is 6.32. The summed E-state index contributed by atoms with van der Waals surface area (Å²) in [6.45, 7) is 4.55. The zero-order chi connectivity index (χ0) is 22.5. The summed E-state index contributed by atoms with van der Waals surface area (Å²) in [5.74, 6) is 0.268. The molecule has 3 rings (SSSR count). The van der Waals surface area contributed by atoms with Gasteiger partial charge in [-0.3, -0.25) is 4.72 Å². The quantitative estimate of drug-likeness (QED) is 0.636. The van der Waals surface area contributed by atoms with Crippen LogP contribution in [-0.4, -0.2) is 40.3 Å². The fourth-order valence-corrected chi connectivity index (χ4v) is 5.69. The third-order valence-electron chi connectivity index (χ3n) is 4.76. The van der Waals surface area contributed by atoms with Gasteiger partial charge in [0.25, 0.3) is 10.0 Å². The van der Waals surface area contributed by atoms with Gasteiger partial charge in [0.15, 0.2) is 0 Å². The highest BCUT2D eigenvalue weighted by atomic mass is 32.2. The molecule has 7 nitrogen and oxygen atoms in total. The number of anilines is 1. The number of piperidine rings is 1. The van der Waals surface area contributed by atoms with Crippen LogP contribution in [0.4, 0.5) is 5.69 Å². The van der Waals surface area contributed by atoms with Crippen LogP contribution in [0.3, 0.4) is 0 Å². The van der Waals surface area contributed by atoms with Gasteiger partial charge in [-0.2, -0.15) is 4.31 Å². The first-order chi connectivity index (χ1) is 14.7. The van der Waals surface area contributed by atoms with Gasteiger partial charge in [-0.05, 0) is 56.5 Å². The Kier molecular flexibility index (Phi) is 7.40. The van der Waals surface area contributed by atoms with Gasteiger partial charge in [0.1, 0.15) is 5.75 Å². The topological polar surface area (TPSA) is 92.8 Å². The van der Waals surface area contributed by atoms with E-state index in [0.717, 1.165) is 30.2 Å². The predicted octanol–water partition coefficient (Wildman–Crippen LogP) is 4.06. The van der Waals surface area contributed by atoms with E-state index in [1.165, 1.54) is 28.6 Å². The highest BCUT2D eigenvalue weighted by molar-refractivity contribution is 7.95. The summed E-state index contributed by atoms with van der Waals surface area (Å²) >= 11 is 0. The van der Waals surface area contributed by atoms with Gasteiger partial charge in [0, 0.05) is 13.1 Å². The van der Waals surface area contributed by atoms with E-state index in [1.807, 2.05) is 32.0 Å².